The standard InChI is InChI=1S/C69H110O6/c1-4-7-10-13-16-19-22-25-27-29-30-31-32-33-34-35-36-37-38-40-41-44-47-50-53-56-59-62-68(71)74-65-66(64-73-67(70)61-58-55-52-49-46-43-24-21-18-15-12-9-6-3)75-69(72)63-60-57-54-51-48-45-42-39-28-26-23-20-17-14-11-8-5-2/h7-12,16-21,25-28,30-31,42-43,45-46,51,54,66H,4-6,13-15,22-24,29,32-41,44,47-50,52-53,55-65H2,1-3H3/b10-7-,11-8-,12-9-,19-16-,20-17-,21-18-,27-25-,28-26-,31-30-,45-42-,46-43-,54-51-. The van der Waals surface area contributed by atoms with E-state index in [9.17, 15) is 14.4 Å². The molecular weight excluding hydrogens is 925 g/mol. The van der Waals surface area contributed by atoms with Crippen molar-refractivity contribution in [3.63, 3.8) is 0 Å². The number of unbranched alkanes of at least 4 members (excludes halogenated alkanes) is 18. The number of hydrogen-bond donors (Lipinski definition) is 0. The van der Waals surface area contributed by atoms with Gasteiger partial charge in [-0.2, -0.15) is 0 Å². The van der Waals surface area contributed by atoms with Crippen molar-refractivity contribution in [2.24, 2.45) is 0 Å². The number of carbonyl (C=O) groups excluding carboxylic acids is 3. The molecule has 0 saturated carbocycles. The van der Waals surface area contributed by atoms with Gasteiger partial charge >= 0.3 is 17.9 Å². The summed E-state index contributed by atoms with van der Waals surface area (Å²) < 4.78 is 16.8. The van der Waals surface area contributed by atoms with Gasteiger partial charge in [0.15, 0.2) is 6.10 Å². The summed E-state index contributed by atoms with van der Waals surface area (Å²) in [5.74, 6) is -1.01. The molecule has 0 aromatic heterocycles. The van der Waals surface area contributed by atoms with Crippen LogP contribution in [0, 0.1) is 0 Å². The maximum Gasteiger partial charge on any atom is 0.306 e. The van der Waals surface area contributed by atoms with Crippen molar-refractivity contribution in [2.75, 3.05) is 13.2 Å². The van der Waals surface area contributed by atoms with Crippen molar-refractivity contribution < 1.29 is 28.6 Å². The highest BCUT2D eigenvalue weighted by Crippen LogP contribution is 2.15. The Hall–Kier alpha value is -4.71. The minimum Gasteiger partial charge on any atom is -0.462 e. The summed E-state index contributed by atoms with van der Waals surface area (Å²) in [7, 11) is 0. The van der Waals surface area contributed by atoms with Crippen LogP contribution in [0.2, 0.25) is 0 Å². The Bertz CT molecular complexity index is 1660. The second-order valence-electron chi connectivity index (χ2n) is 19.5. The molecule has 0 rings (SSSR count). The number of esters is 3. The Morgan fingerprint density at radius 3 is 0.800 bits per heavy atom. The quantitative estimate of drug-likeness (QED) is 0.0261. The largest absolute Gasteiger partial charge is 0.462 e. The molecule has 0 aromatic carbocycles. The predicted molar refractivity (Wildman–Crippen MR) is 325 cm³/mol. The zero-order valence-electron chi connectivity index (χ0n) is 48.3. The molecule has 422 valence electrons. The lowest BCUT2D eigenvalue weighted by molar-refractivity contribution is -0.167. The van der Waals surface area contributed by atoms with E-state index in [-0.39, 0.29) is 37.5 Å². The summed E-state index contributed by atoms with van der Waals surface area (Å²) in [6.07, 6.45) is 88.6. The molecule has 0 fully saturated rings. The predicted octanol–water partition coefficient (Wildman–Crippen LogP) is 20.8. The number of ether oxygens (including phenoxy) is 3. The number of carbonyl (C=O) groups is 3. The molecule has 0 bridgehead atoms. The third-order valence-electron chi connectivity index (χ3n) is 12.3. The second kappa shape index (κ2) is 61.8. The summed E-state index contributed by atoms with van der Waals surface area (Å²) in [5.41, 5.74) is 0. The van der Waals surface area contributed by atoms with Crippen LogP contribution in [-0.4, -0.2) is 37.2 Å². The van der Waals surface area contributed by atoms with E-state index in [0.717, 1.165) is 128 Å². The molecule has 0 heterocycles. The van der Waals surface area contributed by atoms with E-state index in [2.05, 4.69) is 167 Å². The molecule has 0 radical (unpaired) electrons. The molecule has 0 aromatic rings. The third-order valence-corrected chi connectivity index (χ3v) is 12.3. The van der Waals surface area contributed by atoms with Crippen LogP contribution < -0.4 is 0 Å². The summed E-state index contributed by atoms with van der Waals surface area (Å²) in [6.45, 7) is 6.22. The van der Waals surface area contributed by atoms with Crippen LogP contribution in [0.4, 0.5) is 0 Å². The lowest BCUT2D eigenvalue weighted by Gasteiger charge is -2.18. The van der Waals surface area contributed by atoms with E-state index in [4.69, 9.17) is 14.2 Å². The van der Waals surface area contributed by atoms with Crippen molar-refractivity contribution >= 4 is 17.9 Å². The molecule has 6 heteroatoms. The van der Waals surface area contributed by atoms with Gasteiger partial charge in [0.1, 0.15) is 13.2 Å². The second-order valence-corrected chi connectivity index (χ2v) is 19.5. The lowest BCUT2D eigenvalue weighted by Crippen LogP contribution is -2.30. The normalized spacial score (nSPS) is 13.2. The summed E-state index contributed by atoms with van der Waals surface area (Å²) in [6, 6.07) is 0. The van der Waals surface area contributed by atoms with Gasteiger partial charge in [0.25, 0.3) is 0 Å². The molecule has 1 unspecified atom stereocenters. The minimum atomic E-state index is -0.826. The van der Waals surface area contributed by atoms with Crippen LogP contribution in [0.25, 0.3) is 0 Å². The minimum absolute atomic E-state index is 0.115. The van der Waals surface area contributed by atoms with Gasteiger partial charge in [-0.25, -0.2) is 0 Å². The summed E-state index contributed by atoms with van der Waals surface area (Å²) in [4.78, 5) is 38.2. The monoisotopic (exact) mass is 1030 g/mol. The molecule has 75 heavy (non-hydrogen) atoms. The first kappa shape index (κ1) is 70.3. The molecule has 0 N–H and O–H groups in total. The smallest absolute Gasteiger partial charge is 0.306 e. The number of hydrogen-bond acceptors (Lipinski definition) is 6. The highest BCUT2D eigenvalue weighted by molar-refractivity contribution is 5.71. The highest BCUT2D eigenvalue weighted by atomic mass is 16.6. The fourth-order valence-electron chi connectivity index (χ4n) is 7.90. The van der Waals surface area contributed by atoms with Crippen molar-refractivity contribution in [3.8, 4) is 0 Å². The average Bonchev–Trinajstić information content (AvgIpc) is 3.41. The molecule has 0 aliphatic heterocycles. The summed E-state index contributed by atoms with van der Waals surface area (Å²) >= 11 is 0. The van der Waals surface area contributed by atoms with Crippen molar-refractivity contribution in [3.05, 3.63) is 146 Å². The van der Waals surface area contributed by atoms with E-state index in [1.165, 1.54) is 77.0 Å². The maximum absolute atomic E-state index is 12.8. The van der Waals surface area contributed by atoms with Gasteiger partial charge in [-0.3, -0.25) is 14.4 Å². The molecular formula is C69H110O6. The fraction of sp³-hybridized carbons (Fsp3) is 0.609. The van der Waals surface area contributed by atoms with Gasteiger partial charge < -0.3 is 14.2 Å². The molecule has 0 spiro atoms. The average molecular weight is 1040 g/mol. The lowest BCUT2D eigenvalue weighted by atomic mass is 10.0. The van der Waals surface area contributed by atoms with Gasteiger partial charge in [-0.1, -0.05) is 250 Å². The topological polar surface area (TPSA) is 78.9 Å². The molecule has 0 saturated heterocycles. The maximum atomic E-state index is 12.8. The van der Waals surface area contributed by atoms with E-state index < -0.39 is 6.10 Å². The Kier molecular flexibility index (Phi) is 58.0. The Balaban J connectivity index is 4.37. The van der Waals surface area contributed by atoms with Crippen LogP contribution in [-0.2, 0) is 28.6 Å². The highest BCUT2D eigenvalue weighted by Gasteiger charge is 2.19. The molecule has 0 aliphatic rings. The van der Waals surface area contributed by atoms with Gasteiger partial charge in [-0.15, -0.1) is 0 Å². The van der Waals surface area contributed by atoms with Gasteiger partial charge in [-0.05, 0) is 128 Å². The van der Waals surface area contributed by atoms with Crippen LogP contribution in [0.3, 0.4) is 0 Å². The SMILES string of the molecule is CC/C=C\C/C=C\C/C=C\C/C=C\C/C=C\CCCC(=O)OC(COC(=O)CCCCC/C=C\C/C=C\C/C=C\CC)COC(=O)CCCCCCCCCCCCCCCC/C=C\C/C=C\C/C=C\C/C=C\CC. The Labute approximate surface area is 461 Å². The van der Waals surface area contributed by atoms with E-state index in [1.54, 1.807) is 0 Å². The number of allylic oxidation sites excluding steroid dienone is 24. The summed E-state index contributed by atoms with van der Waals surface area (Å²) in [5, 5.41) is 0. The van der Waals surface area contributed by atoms with E-state index in [1.807, 2.05) is 0 Å². The van der Waals surface area contributed by atoms with E-state index >= 15 is 0 Å². The van der Waals surface area contributed by atoms with Gasteiger partial charge in [0, 0.05) is 19.3 Å². The zero-order valence-corrected chi connectivity index (χ0v) is 48.3. The third kappa shape index (κ3) is 60.0. The Morgan fingerprint density at radius 2 is 0.493 bits per heavy atom. The van der Waals surface area contributed by atoms with Crippen LogP contribution in [0.1, 0.15) is 252 Å². The fourth-order valence-corrected chi connectivity index (χ4v) is 7.90. The molecule has 0 aliphatic carbocycles. The molecule has 0 amide bonds. The first-order chi connectivity index (χ1) is 37.0. The van der Waals surface area contributed by atoms with Crippen LogP contribution in [0.15, 0.2) is 146 Å². The van der Waals surface area contributed by atoms with Gasteiger partial charge in [0.2, 0.25) is 0 Å². The van der Waals surface area contributed by atoms with Crippen molar-refractivity contribution in [2.45, 2.75) is 258 Å². The zero-order chi connectivity index (χ0) is 54.3. The first-order valence-corrected chi connectivity index (χ1v) is 30.3. The molecule has 1 atom stereocenters. The van der Waals surface area contributed by atoms with Crippen molar-refractivity contribution in [1.82, 2.24) is 0 Å². The molecule has 6 nitrogen and oxygen atoms in total. The van der Waals surface area contributed by atoms with Crippen LogP contribution in [0.5, 0.6) is 0 Å². The van der Waals surface area contributed by atoms with Gasteiger partial charge in [0.05, 0.1) is 0 Å². The van der Waals surface area contributed by atoms with Crippen LogP contribution >= 0.6 is 0 Å². The Morgan fingerprint density at radius 1 is 0.267 bits per heavy atom. The first-order valence-electron chi connectivity index (χ1n) is 30.3. The number of rotatable bonds is 53. The van der Waals surface area contributed by atoms with Crippen molar-refractivity contribution in [1.29, 1.82) is 0 Å². The van der Waals surface area contributed by atoms with E-state index in [0.29, 0.717) is 19.3 Å².